The van der Waals surface area contributed by atoms with Crippen LogP contribution in [0.25, 0.3) is 0 Å². The Bertz CT molecular complexity index is 360. The van der Waals surface area contributed by atoms with Gasteiger partial charge < -0.3 is 10.2 Å². The zero-order valence-corrected chi connectivity index (χ0v) is 11.4. The van der Waals surface area contributed by atoms with E-state index in [4.69, 9.17) is 0 Å². The van der Waals surface area contributed by atoms with Crippen molar-refractivity contribution in [2.24, 2.45) is 5.92 Å². The Kier molecular flexibility index (Phi) is 3.73. The van der Waals surface area contributed by atoms with E-state index < -0.39 is 0 Å². The maximum absolute atomic E-state index is 12.6. The largest absolute Gasteiger partial charge is 0.353 e. The van der Waals surface area contributed by atoms with Crippen LogP contribution in [0.5, 0.6) is 0 Å². The van der Waals surface area contributed by atoms with E-state index >= 15 is 0 Å². The summed E-state index contributed by atoms with van der Waals surface area (Å²) in [6.45, 7) is 1.59. The molecule has 2 N–H and O–H groups in total. The molecule has 0 spiro atoms. The van der Waals surface area contributed by atoms with Crippen LogP contribution in [0.15, 0.2) is 0 Å². The number of rotatable bonds is 1. The molecule has 2 amide bonds. The van der Waals surface area contributed by atoms with Crippen molar-refractivity contribution < 1.29 is 9.59 Å². The van der Waals surface area contributed by atoms with Crippen LogP contribution in [0, 0.1) is 5.92 Å². The Morgan fingerprint density at radius 3 is 2.74 bits per heavy atom. The third kappa shape index (κ3) is 2.61. The van der Waals surface area contributed by atoms with Crippen molar-refractivity contribution in [2.45, 2.75) is 50.6 Å². The summed E-state index contributed by atoms with van der Waals surface area (Å²) in [6.07, 6.45) is 7.43. The van der Waals surface area contributed by atoms with Crippen molar-refractivity contribution in [3.05, 3.63) is 0 Å². The van der Waals surface area contributed by atoms with Crippen LogP contribution >= 0.6 is 0 Å². The van der Waals surface area contributed by atoms with Crippen LogP contribution in [0.2, 0.25) is 0 Å². The minimum Gasteiger partial charge on any atom is -0.353 e. The molecule has 0 bridgehead atoms. The SMILES string of the molecule is O=C1CNC(C(=O)N2CCCC3CCCCC32)CN1. The number of fused-ring (bicyclic) bond motifs is 1. The summed E-state index contributed by atoms with van der Waals surface area (Å²) in [5.41, 5.74) is 0. The van der Waals surface area contributed by atoms with Gasteiger partial charge in [0.2, 0.25) is 11.8 Å². The molecule has 1 aliphatic carbocycles. The number of likely N-dealkylation sites (tertiary alicyclic amines) is 1. The number of nitrogens with one attached hydrogen (secondary N) is 2. The number of carbonyl (C=O) groups excluding carboxylic acids is 2. The van der Waals surface area contributed by atoms with Gasteiger partial charge in [-0.2, -0.15) is 0 Å². The minimum atomic E-state index is -0.224. The Morgan fingerprint density at radius 2 is 1.95 bits per heavy atom. The lowest BCUT2D eigenvalue weighted by Gasteiger charge is -2.45. The zero-order valence-electron chi connectivity index (χ0n) is 11.4. The van der Waals surface area contributed by atoms with Crippen molar-refractivity contribution >= 4 is 11.8 Å². The first kappa shape index (κ1) is 12.9. The quantitative estimate of drug-likeness (QED) is 0.715. The van der Waals surface area contributed by atoms with Gasteiger partial charge in [-0.25, -0.2) is 0 Å². The van der Waals surface area contributed by atoms with Gasteiger partial charge in [-0.1, -0.05) is 12.8 Å². The highest BCUT2D eigenvalue weighted by Gasteiger charge is 2.38. The molecule has 0 aromatic carbocycles. The molecule has 106 valence electrons. The van der Waals surface area contributed by atoms with Crippen LogP contribution in [0.1, 0.15) is 38.5 Å². The number of amides is 2. The number of hydrogen-bond donors (Lipinski definition) is 2. The van der Waals surface area contributed by atoms with Gasteiger partial charge in [0.25, 0.3) is 0 Å². The minimum absolute atomic E-state index is 0.0155. The molecule has 5 nitrogen and oxygen atoms in total. The topological polar surface area (TPSA) is 61.4 Å². The molecular formula is C14H23N3O2. The number of nitrogens with zero attached hydrogens (tertiary/aromatic N) is 1. The molecule has 5 heteroatoms. The van der Waals surface area contributed by atoms with Gasteiger partial charge in [-0.15, -0.1) is 0 Å². The Morgan fingerprint density at radius 1 is 1.16 bits per heavy atom. The first-order valence-electron chi connectivity index (χ1n) is 7.56. The summed E-state index contributed by atoms with van der Waals surface area (Å²) in [7, 11) is 0. The Labute approximate surface area is 114 Å². The lowest BCUT2D eigenvalue weighted by Crippen LogP contribution is -2.61. The van der Waals surface area contributed by atoms with Crippen molar-refractivity contribution in [3.8, 4) is 0 Å². The molecule has 2 saturated heterocycles. The summed E-state index contributed by atoms with van der Waals surface area (Å²) in [6, 6.07) is 0.229. The van der Waals surface area contributed by atoms with Crippen molar-refractivity contribution in [3.63, 3.8) is 0 Å². The number of hydrogen-bond acceptors (Lipinski definition) is 3. The molecule has 3 atom stereocenters. The van der Waals surface area contributed by atoms with Gasteiger partial charge >= 0.3 is 0 Å². The van der Waals surface area contributed by atoms with Crippen molar-refractivity contribution in [1.82, 2.24) is 15.5 Å². The third-order valence-corrected chi connectivity index (χ3v) is 4.84. The van der Waals surface area contributed by atoms with E-state index in [9.17, 15) is 9.59 Å². The van der Waals surface area contributed by atoms with Gasteiger partial charge in [0.05, 0.1) is 6.54 Å². The highest BCUT2D eigenvalue weighted by atomic mass is 16.2. The lowest BCUT2D eigenvalue weighted by molar-refractivity contribution is -0.140. The molecule has 3 unspecified atom stereocenters. The van der Waals surface area contributed by atoms with Gasteiger partial charge in [0, 0.05) is 19.1 Å². The maximum Gasteiger partial charge on any atom is 0.241 e. The van der Waals surface area contributed by atoms with Gasteiger partial charge in [-0.3, -0.25) is 14.9 Å². The fourth-order valence-electron chi connectivity index (χ4n) is 3.84. The van der Waals surface area contributed by atoms with Crippen LogP contribution in [0.3, 0.4) is 0 Å². The van der Waals surface area contributed by atoms with Gasteiger partial charge in [0.1, 0.15) is 6.04 Å². The van der Waals surface area contributed by atoms with E-state index in [2.05, 4.69) is 15.5 Å². The number of piperidine rings is 1. The van der Waals surface area contributed by atoms with Crippen LogP contribution in [-0.2, 0) is 9.59 Å². The molecule has 0 aromatic rings. The van der Waals surface area contributed by atoms with E-state index in [0.717, 1.165) is 19.4 Å². The molecule has 2 heterocycles. The zero-order chi connectivity index (χ0) is 13.2. The van der Waals surface area contributed by atoms with Crippen LogP contribution < -0.4 is 10.6 Å². The third-order valence-electron chi connectivity index (χ3n) is 4.84. The summed E-state index contributed by atoms with van der Waals surface area (Å²) in [5, 5.41) is 5.83. The fraction of sp³-hybridized carbons (Fsp3) is 0.857. The maximum atomic E-state index is 12.6. The average Bonchev–Trinajstić information content (AvgIpc) is 2.47. The highest BCUT2D eigenvalue weighted by molar-refractivity contribution is 5.87. The van der Waals surface area contributed by atoms with Crippen molar-refractivity contribution in [1.29, 1.82) is 0 Å². The first-order chi connectivity index (χ1) is 9.25. The summed E-state index contributed by atoms with van der Waals surface area (Å²) in [4.78, 5) is 25.9. The van der Waals surface area contributed by atoms with Crippen molar-refractivity contribution in [2.75, 3.05) is 19.6 Å². The molecule has 3 aliphatic rings. The monoisotopic (exact) mass is 265 g/mol. The second-order valence-corrected chi connectivity index (χ2v) is 6.02. The van der Waals surface area contributed by atoms with E-state index in [1.807, 2.05) is 0 Å². The standard InChI is InChI=1S/C14H23N3O2/c18-13-9-15-11(8-16-13)14(19)17-7-3-5-10-4-1-2-6-12(10)17/h10-12,15H,1-9H2,(H,16,18). The lowest BCUT2D eigenvalue weighted by atomic mass is 9.78. The molecule has 1 saturated carbocycles. The smallest absolute Gasteiger partial charge is 0.241 e. The number of carbonyl (C=O) groups is 2. The van der Waals surface area contributed by atoms with Gasteiger partial charge in [0.15, 0.2) is 0 Å². The normalized spacial score (nSPS) is 35.5. The fourth-order valence-corrected chi connectivity index (χ4v) is 3.84. The molecular weight excluding hydrogens is 242 g/mol. The predicted molar refractivity (Wildman–Crippen MR) is 71.5 cm³/mol. The van der Waals surface area contributed by atoms with Crippen LogP contribution in [-0.4, -0.2) is 48.4 Å². The molecule has 3 rings (SSSR count). The van der Waals surface area contributed by atoms with E-state index in [0.29, 0.717) is 18.5 Å². The predicted octanol–water partition coefficient (Wildman–Crippen LogP) is 0.256. The Hall–Kier alpha value is -1.10. The second kappa shape index (κ2) is 5.49. The summed E-state index contributed by atoms with van der Waals surface area (Å²) in [5.74, 6) is 0.888. The summed E-state index contributed by atoms with van der Waals surface area (Å²) < 4.78 is 0. The molecule has 0 aromatic heterocycles. The second-order valence-electron chi connectivity index (χ2n) is 6.02. The average molecular weight is 265 g/mol. The van der Waals surface area contributed by atoms with E-state index in [1.54, 1.807) is 0 Å². The van der Waals surface area contributed by atoms with Gasteiger partial charge in [-0.05, 0) is 31.6 Å². The molecule has 3 fully saturated rings. The van der Waals surface area contributed by atoms with Crippen LogP contribution in [0.4, 0.5) is 0 Å². The molecule has 0 radical (unpaired) electrons. The van der Waals surface area contributed by atoms with E-state index in [-0.39, 0.29) is 24.4 Å². The molecule has 2 aliphatic heterocycles. The molecule has 19 heavy (non-hydrogen) atoms. The number of piperazine rings is 1. The van der Waals surface area contributed by atoms with E-state index in [1.165, 1.54) is 25.7 Å². The summed E-state index contributed by atoms with van der Waals surface area (Å²) >= 11 is 0. The highest BCUT2D eigenvalue weighted by Crippen LogP contribution is 2.35. The first-order valence-corrected chi connectivity index (χ1v) is 7.56. The Balaban J connectivity index is 1.66.